The summed E-state index contributed by atoms with van der Waals surface area (Å²) < 4.78 is 30.3. The van der Waals surface area contributed by atoms with E-state index in [9.17, 15) is 24.8 Å². The maximum atomic E-state index is 13.8. The number of fused-ring (bicyclic) bond motifs is 2. The second-order valence-electron chi connectivity index (χ2n) is 6.61. The first-order valence-corrected chi connectivity index (χ1v) is 12.0. The molecule has 1 aliphatic rings. The van der Waals surface area contributed by atoms with Gasteiger partial charge in [0.05, 0.1) is 19.6 Å². The van der Waals surface area contributed by atoms with Gasteiger partial charge in [0.2, 0.25) is 11.5 Å². The normalized spacial score (nSPS) is 13.9. The molecule has 0 saturated carbocycles. The fourth-order valence-electron chi connectivity index (χ4n) is 2.89. The van der Waals surface area contributed by atoms with Crippen molar-refractivity contribution in [2.75, 3.05) is 0 Å². The van der Waals surface area contributed by atoms with Crippen molar-refractivity contribution in [2.45, 2.75) is 16.7 Å². The average molecular weight is 529 g/mol. The summed E-state index contributed by atoms with van der Waals surface area (Å²) in [6, 6.07) is 11.1. The van der Waals surface area contributed by atoms with Gasteiger partial charge in [-0.05, 0) is 30.7 Å². The molecule has 3 aromatic carbocycles. The Morgan fingerprint density at radius 2 is 1.39 bits per heavy atom. The van der Waals surface area contributed by atoms with E-state index in [2.05, 4.69) is 0 Å². The van der Waals surface area contributed by atoms with Crippen LogP contribution in [0, 0.1) is 27.2 Å². The summed E-state index contributed by atoms with van der Waals surface area (Å²) in [6.07, 6.45) is 0. The van der Waals surface area contributed by atoms with E-state index in [-0.39, 0.29) is 25.6 Å². The first kappa shape index (κ1) is 23.2. The fraction of sp³-hybridized carbons (Fsp3) is 0.0526. The van der Waals surface area contributed by atoms with Gasteiger partial charge in [0, 0.05) is 22.2 Å². The lowest BCUT2D eigenvalue weighted by molar-refractivity contribution is -0.386. The number of aryl methyl sites for hydroxylation is 1. The van der Waals surface area contributed by atoms with Gasteiger partial charge in [0.25, 0.3) is 0 Å². The Balaban J connectivity index is 1.99. The lowest BCUT2D eigenvalue weighted by Gasteiger charge is -2.24. The highest BCUT2D eigenvalue weighted by Crippen LogP contribution is 2.60. The Morgan fingerprint density at radius 1 is 0.909 bits per heavy atom. The van der Waals surface area contributed by atoms with Gasteiger partial charge in [-0.3, -0.25) is 20.2 Å². The van der Waals surface area contributed by atoms with E-state index in [0.717, 1.165) is 23.9 Å². The van der Waals surface area contributed by atoms with Crippen molar-refractivity contribution >= 4 is 54.2 Å². The molecule has 14 heteroatoms. The number of benzene rings is 3. The lowest BCUT2D eigenvalue weighted by atomic mass is 10.2. The molecule has 0 fully saturated rings. The smallest absolute Gasteiger partial charge is 0.386 e. The number of nitrogens with zero attached hydrogens (tertiary/aromatic N) is 2. The third-order valence-corrected chi connectivity index (χ3v) is 7.04. The number of hydrogen-bond acceptors (Lipinski definition) is 9. The summed E-state index contributed by atoms with van der Waals surface area (Å²) >= 11 is 12.9. The lowest BCUT2D eigenvalue weighted by Crippen LogP contribution is -2.12. The summed E-state index contributed by atoms with van der Waals surface area (Å²) in [5.41, 5.74) is -0.641. The predicted octanol–water partition coefficient (Wildman–Crippen LogP) is 7.23. The van der Waals surface area contributed by atoms with Gasteiger partial charge in [-0.1, -0.05) is 53.2 Å². The molecule has 4 rings (SSSR count). The minimum Gasteiger partial charge on any atom is -0.386 e. The maximum absolute atomic E-state index is 13.8. The van der Waals surface area contributed by atoms with E-state index >= 15 is 0 Å². The standard InChI is InChI=1S/C19H11Cl2N2O8PS/c1-10-4-2-3-5-15(10)29-32(28)30-18-13(22(24)25)6-11(20)8-16(18)33-17-9-12(21)7-14(23(26)27)19(17)31-32/h2-9H,1H3. The summed E-state index contributed by atoms with van der Waals surface area (Å²) in [7, 11) is -4.77. The van der Waals surface area contributed by atoms with Crippen LogP contribution >= 0.6 is 42.8 Å². The molecule has 0 spiro atoms. The predicted molar refractivity (Wildman–Crippen MR) is 121 cm³/mol. The zero-order valence-electron chi connectivity index (χ0n) is 16.4. The van der Waals surface area contributed by atoms with E-state index in [0.29, 0.717) is 5.56 Å². The molecule has 1 heterocycles. The monoisotopic (exact) mass is 528 g/mol. The number of rotatable bonds is 4. The summed E-state index contributed by atoms with van der Waals surface area (Å²) in [4.78, 5) is 21.9. The van der Waals surface area contributed by atoms with Crippen molar-refractivity contribution < 1.29 is 28.0 Å². The van der Waals surface area contributed by atoms with Crippen LogP contribution in [0.15, 0.2) is 58.3 Å². The Kier molecular flexibility index (Phi) is 6.15. The van der Waals surface area contributed by atoms with E-state index in [1.807, 2.05) is 0 Å². The molecular formula is C19H11Cl2N2O8PS. The largest absolute Gasteiger partial charge is 0.647 e. The Morgan fingerprint density at radius 3 is 1.85 bits per heavy atom. The Bertz CT molecular complexity index is 1290. The van der Waals surface area contributed by atoms with Crippen LogP contribution in [-0.2, 0) is 4.57 Å². The molecule has 33 heavy (non-hydrogen) atoms. The molecule has 0 atom stereocenters. The Labute approximate surface area is 200 Å². The molecule has 0 bridgehead atoms. The topological polar surface area (TPSA) is 131 Å². The second-order valence-corrected chi connectivity index (χ2v) is 10.0. The van der Waals surface area contributed by atoms with E-state index in [4.69, 9.17) is 36.8 Å². The van der Waals surface area contributed by atoms with Crippen LogP contribution in [0.5, 0.6) is 17.2 Å². The number of nitro benzene ring substituents is 2. The molecule has 3 aromatic rings. The van der Waals surface area contributed by atoms with Gasteiger partial charge in [-0.25, -0.2) is 0 Å². The third kappa shape index (κ3) is 4.72. The third-order valence-electron chi connectivity index (χ3n) is 4.32. The van der Waals surface area contributed by atoms with Crippen molar-refractivity contribution in [3.8, 4) is 17.2 Å². The van der Waals surface area contributed by atoms with Crippen molar-refractivity contribution in [2.24, 2.45) is 0 Å². The van der Waals surface area contributed by atoms with Crippen molar-refractivity contribution in [1.82, 2.24) is 0 Å². The van der Waals surface area contributed by atoms with Gasteiger partial charge in [-0.2, -0.15) is 4.57 Å². The Hall–Kier alpha value is -2.98. The molecular weight excluding hydrogens is 518 g/mol. The van der Waals surface area contributed by atoms with Crippen molar-refractivity contribution in [1.29, 1.82) is 0 Å². The summed E-state index contributed by atoms with van der Waals surface area (Å²) in [6.45, 7) is 1.66. The average Bonchev–Trinajstić information content (AvgIpc) is 2.72. The zero-order chi connectivity index (χ0) is 23.9. The fourth-order valence-corrected chi connectivity index (χ4v) is 6.05. The van der Waals surface area contributed by atoms with Crippen LogP contribution in [0.2, 0.25) is 10.0 Å². The van der Waals surface area contributed by atoms with Gasteiger partial charge >= 0.3 is 19.2 Å². The summed E-state index contributed by atoms with van der Waals surface area (Å²) in [5.74, 6) is -0.774. The van der Waals surface area contributed by atoms with Crippen LogP contribution in [-0.4, -0.2) is 9.85 Å². The van der Waals surface area contributed by atoms with Crippen molar-refractivity contribution in [3.63, 3.8) is 0 Å². The molecule has 0 aromatic heterocycles. The highest BCUT2D eigenvalue weighted by molar-refractivity contribution is 7.99. The van der Waals surface area contributed by atoms with Gasteiger partial charge < -0.3 is 13.6 Å². The highest BCUT2D eigenvalue weighted by Gasteiger charge is 2.43. The molecule has 0 amide bonds. The van der Waals surface area contributed by atoms with Gasteiger partial charge in [-0.15, -0.1) is 0 Å². The zero-order valence-corrected chi connectivity index (χ0v) is 19.6. The first-order chi connectivity index (χ1) is 15.6. The number of nitro groups is 2. The van der Waals surface area contributed by atoms with Gasteiger partial charge in [0.1, 0.15) is 5.75 Å². The minimum atomic E-state index is -4.77. The molecule has 170 valence electrons. The number of phosphoric acid groups is 1. The number of hydrogen-bond donors (Lipinski definition) is 0. The van der Waals surface area contributed by atoms with Crippen LogP contribution < -0.4 is 13.6 Å². The van der Waals surface area contributed by atoms with Crippen LogP contribution in [0.1, 0.15) is 5.56 Å². The maximum Gasteiger partial charge on any atom is 0.647 e. The number of para-hydroxylation sites is 1. The molecule has 0 saturated heterocycles. The van der Waals surface area contributed by atoms with E-state index < -0.39 is 40.5 Å². The molecule has 0 radical (unpaired) electrons. The molecule has 10 nitrogen and oxygen atoms in total. The molecule has 0 unspecified atom stereocenters. The first-order valence-electron chi connectivity index (χ1n) is 8.94. The van der Waals surface area contributed by atoms with Crippen LogP contribution in [0.4, 0.5) is 11.4 Å². The van der Waals surface area contributed by atoms with Crippen molar-refractivity contribution in [3.05, 3.63) is 84.4 Å². The van der Waals surface area contributed by atoms with E-state index in [1.54, 1.807) is 25.1 Å². The second kappa shape index (κ2) is 8.75. The summed E-state index contributed by atoms with van der Waals surface area (Å²) in [5, 5.41) is 23.3. The quantitative estimate of drug-likeness (QED) is 0.195. The molecule has 0 aliphatic carbocycles. The number of halogens is 2. The number of phosphoric ester groups is 1. The molecule has 0 N–H and O–H groups in total. The highest BCUT2D eigenvalue weighted by atomic mass is 35.5. The van der Waals surface area contributed by atoms with Crippen LogP contribution in [0.25, 0.3) is 0 Å². The minimum absolute atomic E-state index is 0.00854. The SMILES string of the molecule is Cc1ccccc1OP1(=O)Oc2c(cc(Cl)cc2[N+](=O)[O-])Sc2cc(Cl)cc([N+](=O)[O-])c2O1. The van der Waals surface area contributed by atoms with Gasteiger partial charge in [0.15, 0.2) is 0 Å². The molecule has 1 aliphatic heterocycles. The van der Waals surface area contributed by atoms with E-state index in [1.165, 1.54) is 18.2 Å². The van der Waals surface area contributed by atoms with Crippen LogP contribution in [0.3, 0.4) is 0 Å².